The van der Waals surface area contributed by atoms with Crippen LogP contribution >= 0.6 is 0 Å². The summed E-state index contributed by atoms with van der Waals surface area (Å²) in [5, 5.41) is 6.52. The van der Waals surface area contributed by atoms with E-state index in [1.165, 1.54) is 12.3 Å². The maximum atomic E-state index is 14.0. The lowest BCUT2D eigenvalue weighted by atomic mass is 9.88. The molecule has 1 amide bonds. The predicted octanol–water partition coefficient (Wildman–Crippen LogP) is 4.16. The van der Waals surface area contributed by atoms with Gasteiger partial charge < -0.3 is 5.32 Å². The molecule has 3 heterocycles. The van der Waals surface area contributed by atoms with Gasteiger partial charge in [-0.3, -0.25) is 9.78 Å². The van der Waals surface area contributed by atoms with Gasteiger partial charge in [0.25, 0.3) is 5.91 Å². The maximum Gasteiger partial charge on any atom is 0.433 e. The summed E-state index contributed by atoms with van der Waals surface area (Å²) in [6.45, 7) is 0. The molecule has 0 bridgehead atoms. The number of carbonyl (C=O) groups excluding carboxylic acids is 1. The Morgan fingerprint density at radius 1 is 1.10 bits per heavy atom. The van der Waals surface area contributed by atoms with Crippen LogP contribution in [-0.4, -0.2) is 25.5 Å². The molecule has 4 aromatic rings. The Bertz CT molecular complexity index is 1280. The van der Waals surface area contributed by atoms with Crippen LogP contribution in [0.4, 0.5) is 18.9 Å². The van der Waals surface area contributed by atoms with E-state index in [1.54, 1.807) is 30.5 Å². The molecule has 150 valence electrons. The van der Waals surface area contributed by atoms with Gasteiger partial charge in [0.1, 0.15) is 0 Å². The first-order chi connectivity index (χ1) is 14.4. The van der Waals surface area contributed by atoms with Crippen LogP contribution in [0.1, 0.15) is 27.3 Å². The smallest absolute Gasteiger partial charge is 0.319 e. The Balaban J connectivity index is 1.68. The van der Waals surface area contributed by atoms with Gasteiger partial charge >= 0.3 is 6.18 Å². The van der Waals surface area contributed by atoms with E-state index in [0.717, 1.165) is 10.1 Å². The van der Waals surface area contributed by atoms with E-state index >= 15 is 0 Å². The van der Waals surface area contributed by atoms with Gasteiger partial charge in [0.15, 0.2) is 17.0 Å². The van der Waals surface area contributed by atoms with E-state index in [-0.39, 0.29) is 29.0 Å². The molecule has 30 heavy (non-hydrogen) atoms. The molecule has 1 aliphatic rings. The van der Waals surface area contributed by atoms with Gasteiger partial charge in [0.05, 0.1) is 17.6 Å². The monoisotopic (exact) mass is 409 g/mol. The molecule has 0 saturated carbocycles. The summed E-state index contributed by atoms with van der Waals surface area (Å²) >= 11 is 0. The molecule has 0 aliphatic heterocycles. The zero-order chi connectivity index (χ0) is 20.9. The summed E-state index contributed by atoms with van der Waals surface area (Å²) in [6, 6.07) is 11.8. The molecule has 0 fully saturated rings. The van der Waals surface area contributed by atoms with Crippen molar-refractivity contribution in [2.75, 3.05) is 5.32 Å². The number of carbonyl (C=O) groups is 1. The molecule has 0 atom stereocenters. The zero-order valence-electron chi connectivity index (χ0n) is 15.4. The molecular formula is C21H14F3N5O. The maximum absolute atomic E-state index is 14.0. The van der Waals surface area contributed by atoms with Crippen LogP contribution in [0, 0.1) is 0 Å². The lowest BCUT2D eigenvalue weighted by Gasteiger charge is -2.23. The van der Waals surface area contributed by atoms with Crippen molar-refractivity contribution in [2.45, 2.75) is 19.0 Å². The number of aryl methyl sites for hydroxylation is 1. The minimum absolute atomic E-state index is 0.0332. The number of nitrogens with one attached hydrogen (secondary N) is 1. The number of rotatable bonds is 2. The highest BCUT2D eigenvalue weighted by Gasteiger charge is 2.40. The van der Waals surface area contributed by atoms with Gasteiger partial charge in [-0.25, -0.2) is 9.50 Å². The average molecular weight is 409 g/mol. The van der Waals surface area contributed by atoms with Crippen LogP contribution < -0.4 is 5.32 Å². The molecule has 0 unspecified atom stereocenters. The van der Waals surface area contributed by atoms with E-state index in [2.05, 4.69) is 20.4 Å². The molecule has 0 radical (unpaired) electrons. The fraction of sp³-hybridized carbons (Fsp3) is 0.143. The summed E-state index contributed by atoms with van der Waals surface area (Å²) < 4.78 is 42.9. The fourth-order valence-electron chi connectivity index (χ4n) is 3.76. The molecule has 1 aliphatic carbocycles. The standard InChI is InChI=1S/C21H14F3N5O/c22-21(23,24)19-15-8-7-12-4-1-2-6-14(12)18(15)27-17-10-16(28-29(17)19)20(30)26-13-5-3-9-25-11-13/h1-6,9-11H,7-8H2,(H,26,30). The number of hydrogen-bond donors (Lipinski definition) is 1. The predicted molar refractivity (Wildman–Crippen MR) is 103 cm³/mol. The molecule has 6 nitrogen and oxygen atoms in total. The van der Waals surface area contributed by atoms with E-state index < -0.39 is 17.8 Å². The highest BCUT2D eigenvalue weighted by atomic mass is 19.4. The normalized spacial score (nSPS) is 13.0. The number of alkyl halides is 3. The van der Waals surface area contributed by atoms with E-state index in [9.17, 15) is 18.0 Å². The SMILES string of the molecule is O=C(Nc1cccnc1)c1cc2nc3c(c(C(F)(F)F)n2n1)CCc1ccccc1-3. The Labute approximate surface area is 168 Å². The second-order valence-corrected chi connectivity index (χ2v) is 6.94. The zero-order valence-corrected chi connectivity index (χ0v) is 15.4. The number of amides is 1. The number of nitrogens with zero attached hydrogens (tertiary/aromatic N) is 4. The van der Waals surface area contributed by atoms with Crippen molar-refractivity contribution in [3.05, 3.63) is 77.4 Å². The quantitative estimate of drug-likeness (QED) is 0.540. The van der Waals surface area contributed by atoms with E-state index in [1.807, 2.05) is 12.1 Å². The lowest BCUT2D eigenvalue weighted by molar-refractivity contribution is -0.143. The molecule has 0 saturated heterocycles. The second kappa shape index (κ2) is 6.65. The lowest BCUT2D eigenvalue weighted by Crippen LogP contribution is -2.21. The van der Waals surface area contributed by atoms with Crippen molar-refractivity contribution in [2.24, 2.45) is 0 Å². The average Bonchev–Trinajstić information content (AvgIpc) is 3.15. The number of fused-ring (bicyclic) bond motifs is 4. The number of anilines is 1. The molecule has 9 heteroatoms. The van der Waals surface area contributed by atoms with Crippen molar-refractivity contribution in [1.82, 2.24) is 19.6 Å². The number of hydrogen-bond acceptors (Lipinski definition) is 4. The van der Waals surface area contributed by atoms with E-state index in [0.29, 0.717) is 17.7 Å². The van der Waals surface area contributed by atoms with Crippen molar-refractivity contribution < 1.29 is 18.0 Å². The minimum Gasteiger partial charge on any atom is -0.319 e. The largest absolute Gasteiger partial charge is 0.433 e. The van der Waals surface area contributed by atoms with Crippen molar-refractivity contribution in [3.63, 3.8) is 0 Å². The first-order valence-electron chi connectivity index (χ1n) is 9.21. The number of pyridine rings is 1. The Kier molecular flexibility index (Phi) is 4.05. The van der Waals surface area contributed by atoms with Gasteiger partial charge in [-0.2, -0.15) is 18.3 Å². The van der Waals surface area contributed by atoms with Crippen LogP contribution in [-0.2, 0) is 19.0 Å². The highest BCUT2D eigenvalue weighted by molar-refractivity contribution is 6.03. The Morgan fingerprint density at radius 2 is 1.93 bits per heavy atom. The highest BCUT2D eigenvalue weighted by Crippen LogP contribution is 2.40. The second-order valence-electron chi connectivity index (χ2n) is 6.94. The van der Waals surface area contributed by atoms with Gasteiger partial charge in [-0.1, -0.05) is 24.3 Å². The molecule has 1 N–H and O–H groups in total. The summed E-state index contributed by atoms with van der Waals surface area (Å²) in [5.41, 5.74) is 1.33. The van der Waals surface area contributed by atoms with Crippen LogP contribution in [0.25, 0.3) is 16.9 Å². The third-order valence-corrected chi connectivity index (χ3v) is 5.04. The Hall–Kier alpha value is -3.75. The third-order valence-electron chi connectivity index (χ3n) is 5.04. The summed E-state index contributed by atoms with van der Waals surface area (Å²) in [7, 11) is 0. The fourth-order valence-corrected chi connectivity index (χ4v) is 3.76. The number of halogens is 3. The molecular weight excluding hydrogens is 395 g/mol. The number of aromatic nitrogens is 4. The third kappa shape index (κ3) is 2.99. The summed E-state index contributed by atoms with van der Waals surface area (Å²) in [4.78, 5) is 20.9. The molecule has 5 rings (SSSR count). The number of benzene rings is 1. The van der Waals surface area contributed by atoms with Crippen LogP contribution in [0.15, 0.2) is 54.9 Å². The molecule has 0 spiro atoms. The summed E-state index contributed by atoms with van der Waals surface area (Å²) in [6.07, 6.45) is -0.998. The van der Waals surface area contributed by atoms with Crippen LogP contribution in [0.3, 0.4) is 0 Å². The van der Waals surface area contributed by atoms with Gasteiger partial charge in [0, 0.05) is 23.4 Å². The van der Waals surface area contributed by atoms with Gasteiger partial charge in [0.2, 0.25) is 0 Å². The molecule has 3 aromatic heterocycles. The van der Waals surface area contributed by atoms with Crippen LogP contribution in [0.2, 0.25) is 0 Å². The van der Waals surface area contributed by atoms with Gasteiger partial charge in [-0.15, -0.1) is 0 Å². The van der Waals surface area contributed by atoms with Crippen molar-refractivity contribution >= 4 is 17.2 Å². The first kappa shape index (κ1) is 18.3. The topological polar surface area (TPSA) is 72.2 Å². The first-order valence-corrected chi connectivity index (χ1v) is 9.21. The van der Waals surface area contributed by atoms with Crippen molar-refractivity contribution in [3.8, 4) is 11.3 Å². The van der Waals surface area contributed by atoms with E-state index in [4.69, 9.17) is 0 Å². The minimum atomic E-state index is -4.65. The van der Waals surface area contributed by atoms with Crippen LogP contribution in [0.5, 0.6) is 0 Å². The van der Waals surface area contributed by atoms with Gasteiger partial charge in [-0.05, 0) is 30.5 Å². The summed E-state index contributed by atoms with van der Waals surface area (Å²) in [5.74, 6) is -0.639. The Morgan fingerprint density at radius 3 is 2.70 bits per heavy atom. The van der Waals surface area contributed by atoms with Crippen molar-refractivity contribution in [1.29, 1.82) is 0 Å². The molecule has 1 aromatic carbocycles.